The monoisotopic (exact) mass is 314 g/mol. The lowest BCUT2D eigenvalue weighted by Crippen LogP contribution is -2.51. The van der Waals surface area contributed by atoms with Gasteiger partial charge in [0.1, 0.15) is 0 Å². The van der Waals surface area contributed by atoms with Crippen molar-refractivity contribution < 1.29 is 9.53 Å². The van der Waals surface area contributed by atoms with E-state index in [1.165, 1.54) is 10.8 Å². The van der Waals surface area contributed by atoms with Gasteiger partial charge in [0.25, 0.3) is 0 Å². The van der Waals surface area contributed by atoms with Gasteiger partial charge in [-0.25, -0.2) is 0 Å². The normalized spacial score (nSPS) is 18.6. The number of hydrogen-bond acceptors (Lipinski definition) is 3. The van der Waals surface area contributed by atoms with Gasteiger partial charge >= 0.3 is 0 Å². The second-order valence-electron chi connectivity index (χ2n) is 5.37. The lowest BCUT2D eigenvalue weighted by Gasteiger charge is -2.37. The fraction of sp³-hybridized carbons (Fsp3) is 0.294. The van der Waals surface area contributed by atoms with Crippen molar-refractivity contribution in [3.05, 3.63) is 48.0 Å². The second-order valence-corrected chi connectivity index (χ2v) is 5.75. The molecule has 0 aliphatic carbocycles. The van der Waals surface area contributed by atoms with Crippen molar-refractivity contribution in [3.63, 3.8) is 0 Å². The molecule has 2 aromatic carbocycles. The third-order valence-corrected chi connectivity index (χ3v) is 4.29. The average molecular weight is 314 g/mol. The highest BCUT2D eigenvalue weighted by molar-refractivity contribution is 7.80. The minimum atomic E-state index is -0.0407. The Morgan fingerprint density at radius 2 is 2.05 bits per heavy atom. The first kappa shape index (κ1) is 14.9. The predicted molar refractivity (Wildman–Crippen MR) is 90.6 cm³/mol. The molecular formula is C17H18N2O2S. The molecule has 5 heteroatoms. The van der Waals surface area contributed by atoms with Crippen LogP contribution in [0.4, 0.5) is 0 Å². The summed E-state index contributed by atoms with van der Waals surface area (Å²) < 4.78 is 5.16. The maximum absolute atomic E-state index is 11.9. The summed E-state index contributed by atoms with van der Waals surface area (Å²) in [6.07, 6.45) is 0.405. The van der Waals surface area contributed by atoms with Crippen molar-refractivity contribution in [1.82, 2.24) is 10.2 Å². The minimum absolute atomic E-state index is 0.0307. The second kappa shape index (κ2) is 6.42. The standard InChI is InChI=1S/C17H18N2O2S/c1-21-9-8-19-15(11-16(20)18-17(19)22)14-7-6-12-4-2-3-5-13(12)10-14/h2-7,10,15H,8-9,11H2,1H3,(H,18,20,22). The number of ether oxygens (including phenoxy) is 1. The number of thiocarbonyl (C=S) groups is 1. The summed E-state index contributed by atoms with van der Waals surface area (Å²) >= 11 is 5.33. The van der Waals surface area contributed by atoms with Gasteiger partial charge in [-0.05, 0) is 34.6 Å². The van der Waals surface area contributed by atoms with Crippen molar-refractivity contribution in [2.45, 2.75) is 12.5 Å². The Kier molecular flexibility index (Phi) is 4.36. The summed E-state index contributed by atoms with van der Waals surface area (Å²) in [6, 6.07) is 14.5. The summed E-state index contributed by atoms with van der Waals surface area (Å²) in [4.78, 5) is 13.9. The Hall–Kier alpha value is -1.98. The van der Waals surface area contributed by atoms with E-state index in [9.17, 15) is 4.79 Å². The lowest BCUT2D eigenvalue weighted by atomic mass is 9.97. The van der Waals surface area contributed by atoms with E-state index in [1.54, 1.807) is 7.11 Å². The van der Waals surface area contributed by atoms with Crippen LogP contribution in [-0.4, -0.2) is 36.2 Å². The van der Waals surface area contributed by atoms with Gasteiger partial charge in [0.05, 0.1) is 19.1 Å². The minimum Gasteiger partial charge on any atom is -0.383 e. The third-order valence-electron chi connectivity index (χ3n) is 3.96. The maximum Gasteiger partial charge on any atom is 0.228 e. The van der Waals surface area contributed by atoms with Gasteiger partial charge in [-0.2, -0.15) is 0 Å². The fourth-order valence-electron chi connectivity index (χ4n) is 2.83. The van der Waals surface area contributed by atoms with Gasteiger partial charge in [-0.3, -0.25) is 4.79 Å². The molecule has 0 bridgehead atoms. The number of carbonyl (C=O) groups excluding carboxylic acids is 1. The average Bonchev–Trinajstić information content (AvgIpc) is 2.53. The number of carbonyl (C=O) groups is 1. The van der Waals surface area contributed by atoms with Crippen molar-refractivity contribution in [2.75, 3.05) is 20.3 Å². The van der Waals surface area contributed by atoms with Gasteiger partial charge in [0.15, 0.2) is 5.11 Å². The molecule has 1 amide bonds. The van der Waals surface area contributed by atoms with Crippen LogP contribution in [0.5, 0.6) is 0 Å². The molecular weight excluding hydrogens is 296 g/mol. The number of benzene rings is 2. The number of nitrogens with zero attached hydrogens (tertiary/aromatic N) is 1. The summed E-state index contributed by atoms with van der Waals surface area (Å²) in [7, 11) is 1.66. The van der Waals surface area contributed by atoms with E-state index in [1.807, 2.05) is 17.0 Å². The van der Waals surface area contributed by atoms with Crippen LogP contribution < -0.4 is 5.32 Å². The molecule has 114 valence electrons. The van der Waals surface area contributed by atoms with Crippen molar-refractivity contribution >= 4 is 34.0 Å². The Balaban J connectivity index is 1.96. The van der Waals surface area contributed by atoms with Gasteiger partial charge in [0, 0.05) is 13.7 Å². The Bertz CT molecular complexity index is 717. The van der Waals surface area contributed by atoms with E-state index in [0.717, 1.165) is 5.56 Å². The zero-order valence-electron chi connectivity index (χ0n) is 12.4. The van der Waals surface area contributed by atoms with Crippen LogP contribution in [0.15, 0.2) is 42.5 Å². The molecule has 0 aromatic heterocycles. The van der Waals surface area contributed by atoms with Gasteiger partial charge < -0.3 is 15.0 Å². The molecule has 4 nitrogen and oxygen atoms in total. The third kappa shape index (κ3) is 2.96. The van der Waals surface area contributed by atoms with Crippen LogP contribution in [0.25, 0.3) is 10.8 Å². The van der Waals surface area contributed by atoms with Crippen LogP contribution in [0.1, 0.15) is 18.0 Å². The molecule has 1 unspecified atom stereocenters. The smallest absolute Gasteiger partial charge is 0.228 e. The van der Waals surface area contributed by atoms with Gasteiger partial charge in [-0.1, -0.05) is 36.4 Å². The lowest BCUT2D eigenvalue weighted by molar-refractivity contribution is -0.122. The molecule has 1 atom stereocenters. The number of hydrogen-bond donors (Lipinski definition) is 1. The van der Waals surface area contributed by atoms with Crippen LogP contribution in [0.3, 0.4) is 0 Å². The van der Waals surface area contributed by atoms with Crippen molar-refractivity contribution in [3.8, 4) is 0 Å². The quantitative estimate of drug-likeness (QED) is 0.881. The summed E-state index contributed by atoms with van der Waals surface area (Å²) in [5.74, 6) is -0.0307. The predicted octanol–water partition coefficient (Wildman–Crippen LogP) is 2.63. The van der Waals surface area contributed by atoms with E-state index in [-0.39, 0.29) is 11.9 Å². The van der Waals surface area contributed by atoms with Crippen LogP contribution in [-0.2, 0) is 9.53 Å². The van der Waals surface area contributed by atoms with E-state index in [2.05, 4.69) is 35.6 Å². The highest BCUT2D eigenvalue weighted by atomic mass is 32.1. The number of rotatable bonds is 4. The number of nitrogens with one attached hydrogen (secondary N) is 1. The molecule has 1 saturated heterocycles. The topological polar surface area (TPSA) is 41.6 Å². The highest BCUT2D eigenvalue weighted by Gasteiger charge is 2.30. The number of amides is 1. The molecule has 0 radical (unpaired) electrons. The van der Waals surface area contributed by atoms with Crippen molar-refractivity contribution in [1.29, 1.82) is 0 Å². The molecule has 1 fully saturated rings. The SMILES string of the molecule is COCCN1C(=S)NC(=O)CC1c1ccc2ccccc2c1. The Morgan fingerprint density at radius 1 is 1.27 bits per heavy atom. The number of fused-ring (bicyclic) bond motifs is 1. The largest absolute Gasteiger partial charge is 0.383 e. The maximum atomic E-state index is 11.9. The van der Waals surface area contributed by atoms with Crippen LogP contribution >= 0.6 is 12.2 Å². The zero-order valence-corrected chi connectivity index (χ0v) is 13.2. The molecule has 1 aliphatic rings. The Labute approximate surface area is 135 Å². The zero-order chi connectivity index (χ0) is 15.5. The number of methoxy groups -OCH3 is 1. The van der Waals surface area contributed by atoms with Crippen LogP contribution in [0.2, 0.25) is 0 Å². The molecule has 1 aliphatic heterocycles. The molecule has 0 spiro atoms. The molecule has 1 heterocycles. The molecule has 3 rings (SSSR count). The van der Waals surface area contributed by atoms with E-state index < -0.39 is 0 Å². The summed E-state index contributed by atoms with van der Waals surface area (Å²) in [5, 5.41) is 5.58. The fourth-order valence-corrected chi connectivity index (χ4v) is 3.16. The van der Waals surface area contributed by atoms with Gasteiger partial charge in [0.2, 0.25) is 5.91 Å². The summed E-state index contributed by atoms with van der Waals surface area (Å²) in [5.41, 5.74) is 1.10. The first-order valence-corrected chi connectivity index (χ1v) is 7.68. The first-order valence-electron chi connectivity index (χ1n) is 7.27. The van der Waals surface area contributed by atoms with E-state index in [0.29, 0.717) is 24.7 Å². The van der Waals surface area contributed by atoms with Crippen molar-refractivity contribution in [2.24, 2.45) is 0 Å². The van der Waals surface area contributed by atoms with Crippen LogP contribution in [0, 0.1) is 0 Å². The molecule has 22 heavy (non-hydrogen) atoms. The molecule has 2 aromatic rings. The summed E-state index contributed by atoms with van der Waals surface area (Å²) in [6.45, 7) is 1.23. The highest BCUT2D eigenvalue weighted by Crippen LogP contribution is 2.29. The molecule has 1 N–H and O–H groups in total. The molecule has 0 saturated carbocycles. The van der Waals surface area contributed by atoms with Gasteiger partial charge in [-0.15, -0.1) is 0 Å². The Morgan fingerprint density at radius 3 is 2.82 bits per heavy atom. The van der Waals surface area contributed by atoms with E-state index in [4.69, 9.17) is 17.0 Å². The first-order chi connectivity index (χ1) is 10.7. The van der Waals surface area contributed by atoms with E-state index >= 15 is 0 Å².